The highest BCUT2D eigenvalue weighted by molar-refractivity contribution is 5.83. The Morgan fingerprint density at radius 2 is 0.857 bits per heavy atom. The molecule has 8 heteroatoms. The van der Waals surface area contributed by atoms with Crippen molar-refractivity contribution < 1.29 is 28.4 Å². The van der Waals surface area contributed by atoms with Gasteiger partial charge in [0.1, 0.15) is 0 Å². The third-order valence-corrected chi connectivity index (χ3v) is 5.25. The fourth-order valence-corrected chi connectivity index (χ4v) is 3.40. The fraction of sp³-hybridized carbons (Fsp3) is 0.259. The van der Waals surface area contributed by atoms with Crippen LogP contribution in [0.5, 0.6) is 34.5 Å². The maximum atomic E-state index is 5.47. The van der Waals surface area contributed by atoms with Gasteiger partial charge in [0.15, 0.2) is 40.7 Å². The third kappa shape index (κ3) is 6.23. The summed E-state index contributed by atoms with van der Waals surface area (Å²) in [5.41, 5.74) is 2.51. The van der Waals surface area contributed by atoms with Crippen molar-refractivity contribution in [2.45, 2.75) is 6.17 Å². The highest BCUT2D eigenvalue weighted by Gasteiger charge is 2.13. The van der Waals surface area contributed by atoms with Gasteiger partial charge in [-0.05, 0) is 59.7 Å². The minimum Gasteiger partial charge on any atom is -0.493 e. The molecule has 0 fully saturated rings. The summed E-state index contributed by atoms with van der Waals surface area (Å²) in [4.78, 5) is 9.49. The maximum Gasteiger partial charge on any atom is 0.165 e. The van der Waals surface area contributed by atoms with Crippen molar-refractivity contribution in [2.75, 3.05) is 42.7 Å². The van der Waals surface area contributed by atoms with E-state index < -0.39 is 6.17 Å². The first-order chi connectivity index (χ1) is 17.1. The van der Waals surface area contributed by atoms with Crippen molar-refractivity contribution in [3.63, 3.8) is 0 Å². The number of ether oxygens (including phenoxy) is 6. The zero-order chi connectivity index (χ0) is 25.2. The molecule has 0 saturated carbocycles. The second-order valence-electron chi connectivity index (χ2n) is 7.27. The molecule has 0 atom stereocenters. The summed E-state index contributed by atoms with van der Waals surface area (Å²) in [5.74, 6) is 3.75. The summed E-state index contributed by atoms with van der Waals surface area (Å²) >= 11 is 0. The summed E-state index contributed by atoms with van der Waals surface area (Å²) in [5, 5.41) is 0. The predicted octanol–water partition coefficient (Wildman–Crippen LogP) is 4.98. The van der Waals surface area contributed by atoms with Gasteiger partial charge in [-0.3, -0.25) is 9.98 Å². The van der Waals surface area contributed by atoms with E-state index in [2.05, 4.69) is 0 Å². The molecule has 0 aliphatic carbocycles. The van der Waals surface area contributed by atoms with E-state index in [0.29, 0.717) is 34.5 Å². The van der Waals surface area contributed by atoms with E-state index in [0.717, 1.165) is 16.7 Å². The zero-order valence-corrected chi connectivity index (χ0v) is 20.8. The molecule has 0 bridgehead atoms. The number of methoxy groups -OCH3 is 6. The average molecular weight is 479 g/mol. The lowest BCUT2D eigenvalue weighted by atomic mass is 10.1. The molecule has 0 unspecified atom stereocenters. The van der Waals surface area contributed by atoms with Crippen molar-refractivity contribution in [1.82, 2.24) is 0 Å². The average Bonchev–Trinajstić information content (AvgIpc) is 2.92. The van der Waals surface area contributed by atoms with Gasteiger partial charge in [-0.25, -0.2) is 0 Å². The Morgan fingerprint density at radius 1 is 0.486 bits per heavy atom. The molecule has 3 aromatic rings. The molecule has 0 N–H and O–H groups in total. The van der Waals surface area contributed by atoms with Gasteiger partial charge < -0.3 is 28.4 Å². The molecule has 0 aliphatic heterocycles. The van der Waals surface area contributed by atoms with Crippen LogP contribution in [0.2, 0.25) is 0 Å². The summed E-state index contributed by atoms with van der Waals surface area (Å²) in [6.07, 6.45) is 2.95. The molecule has 0 radical (unpaired) electrons. The van der Waals surface area contributed by atoms with E-state index in [1.165, 1.54) is 0 Å². The number of aliphatic imine (C=N–C) groups is 2. The van der Waals surface area contributed by atoms with Crippen LogP contribution in [-0.4, -0.2) is 55.1 Å². The minimum atomic E-state index is -0.545. The molecular weight excluding hydrogens is 448 g/mol. The molecular formula is C27H30N2O6. The van der Waals surface area contributed by atoms with E-state index in [4.69, 9.17) is 38.4 Å². The topological polar surface area (TPSA) is 80.1 Å². The number of benzene rings is 3. The monoisotopic (exact) mass is 478 g/mol. The standard InChI is InChI=1S/C27H30N2O6/c1-30-21-10-7-18(13-24(21)33-4)16-28-27(20-9-12-23(32-3)26(15-20)35-6)29-17-19-8-11-22(31-2)25(14-19)34-5/h7-17,27H,1-6H3. The van der Waals surface area contributed by atoms with Crippen LogP contribution in [-0.2, 0) is 0 Å². The lowest BCUT2D eigenvalue weighted by Crippen LogP contribution is -1.99. The van der Waals surface area contributed by atoms with Crippen LogP contribution in [0.15, 0.2) is 64.6 Å². The Balaban J connectivity index is 1.99. The molecule has 0 spiro atoms. The van der Waals surface area contributed by atoms with Crippen LogP contribution >= 0.6 is 0 Å². The Morgan fingerprint density at radius 3 is 1.26 bits per heavy atom. The van der Waals surface area contributed by atoms with Gasteiger partial charge in [0.2, 0.25) is 0 Å². The molecule has 3 aromatic carbocycles. The van der Waals surface area contributed by atoms with Crippen molar-refractivity contribution in [3.8, 4) is 34.5 Å². The summed E-state index contributed by atoms with van der Waals surface area (Å²) < 4.78 is 32.3. The number of rotatable bonds is 11. The van der Waals surface area contributed by atoms with Gasteiger partial charge in [0.05, 0.1) is 42.7 Å². The van der Waals surface area contributed by atoms with Gasteiger partial charge in [-0.1, -0.05) is 6.07 Å². The smallest absolute Gasteiger partial charge is 0.165 e. The van der Waals surface area contributed by atoms with E-state index >= 15 is 0 Å². The van der Waals surface area contributed by atoms with Crippen molar-refractivity contribution in [1.29, 1.82) is 0 Å². The van der Waals surface area contributed by atoms with Crippen LogP contribution in [0.3, 0.4) is 0 Å². The lowest BCUT2D eigenvalue weighted by molar-refractivity contribution is 0.354. The molecule has 35 heavy (non-hydrogen) atoms. The van der Waals surface area contributed by atoms with Crippen LogP contribution in [0.25, 0.3) is 0 Å². The molecule has 0 saturated heterocycles. The minimum absolute atomic E-state index is 0.545. The Kier molecular flexibility index (Phi) is 8.95. The van der Waals surface area contributed by atoms with Gasteiger partial charge in [-0.2, -0.15) is 0 Å². The Bertz CT molecular complexity index is 1130. The van der Waals surface area contributed by atoms with E-state index in [1.807, 2.05) is 54.6 Å². The van der Waals surface area contributed by atoms with Crippen LogP contribution in [0, 0.1) is 0 Å². The first kappa shape index (κ1) is 25.4. The predicted molar refractivity (Wildman–Crippen MR) is 137 cm³/mol. The molecule has 0 aliphatic rings. The van der Waals surface area contributed by atoms with E-state index in [-0.39, 0.29) is 0 Å². The molecule has 0 amide bonds. The molecule has 3 rings (SSSR count). The van der Waals surface area contributed by atoms with Crippen LogP contribution in [0.4, 0.5) is 0 Å². The van der Waals surface area contributed by atoms with Gasteiger partial charge in [-0.15, -0.1) is 0 Å². The van der Waals surface area contributed by atoms with Gasteiger partial charge >= 0.3 is 0 Å². The number of nitrogens with zero attached hydrogens (tertiary/aromatic N) is 2. The molecule has 0 heterocycles. The molecule has 0 aromatic heterocycles. The highest BCUT2D eigenvalue weighted by atomic mass is 16.5. The van der Waals surface area contributed by atoms with Crippen molar-refractivity contribution >= 4 is 12.4 Å². The Labute approximate surface area is 205 Å². The summed E-state index contributed by atoms with van der Waals surface area (Å²) in [6, 6.07) is 16.8. The molecule has 8 nitrogen and oxygen atoms in total. The van der Waals surface area contributed by atoms with Gasteiger partial charge in [0, 0.05) is 18.0 Å². The SMILES string of the molecule is COc1ccc(C=NC(N=Cc2ccc(OC)c(OC)c2)c2ccc(OC)c(OC)c2)cc1OC. The first-order valence-electron chi connectivity index (χ1n) is 10.8. The summed E-state index contributed by atoms with van der Waals surface area (Å²) in [7, 11) is 9.58. The zero-order valence-electron chi connectivity index (χ0n) is 20.8. The lowest BCUT2D eigenvalue weighted by Gasteiger charge is -2.13. The van der Waals surface area contributed by atoms with Gasteiger partial charge in [0.25, 0.3) is 0 Å². The number of hydrogen-bond donors (Lipinski definition) is 0. The summed E-state index contributed by atoms with van der Waals surface area (Å²) in [6.45, 7) is 0. The third-order valence-electron chi connectivity index (χ3n) is 5.25. The number of hydrogen-bond acceptors (Lipinski definition) is 8. The first-order valence-corrected chi connectivity index (χ1v) is 10.8. The normalized spacial score (nSPS) is 11.9. The second-order valence-corrected chi connectivity index (χ2v) is 7.27. The quantitative estimate of drug-likeness (QED) is 0.362. The molecule has 184 valence electrons. The fourth-order valence-electron chi connectivity index (χ4n) is 3.40. The van der Waals surface area contributed by atoms with Crippen LogP contribution < -0.4 is 28.4 Å². The Hall–Kier alpha value is -4.20. The van der Waals surface area contributed by atoms with E-state index in [1.54, 1.807) is 55.1 Å². The van der Waals surface area contributed by atoms with E-state index in [9.17, 15) is 0 Å². The van der Waals surface area contributed by atoms with Crippen molar-refractivity contribution in [2.24, 2.45) is 9.98 Å². The largest absolute Gasteiger partial charge is 0.493 e. The van der Waals surface area contributed by atoms with Crippen LogP contribution in [0.1, 0.15) is 22.9 Å². The van der Waals surface area contributed by atoms with Crippen molar-refractivity contribution in [3.05, 3.63) is 71.3 Å². The second kappa shape index (κ2) is 12.3. The highest BCUT2D eigenvalue weighted by Crippen LogP contribution is 2.33. The maximum absolute atomic E-state index is 5.47.